The smallest absolute Gasteiger partial charge is 0.244 e. The molecule has 100 valence electrons. The third-order valence-electron chi connectivity index (χ3n) is 3.36. The number of hydrogen-bond donors (Lipinski definition) is 2. The lowest BCUT2D eigenvalue weighted by Crippen LogP contribution is -2.50. The van der Waals surface area contributed by atoms with E-state index in [1.807, 2.05) is 19.1 Å². The minimum absolute atomic E-state index is 0. The summed E-state index contributed by atoms with van der Waals surface area (Å²) in [4.78, 5) is 12.3. The molecule has 5 heteroatoms. The Kier molecular flexibility index (Phi) is 5.45. The summed E-state index contributed by atoms with van der Waals surface area (Å²) in [6.45, 7) is 2.95. The Labute approximate surface area is 119 Å². The van der Waals surface area contributed by atoms with Crippen LogP contribution >= 0.6 is 24.0 Å². The third-order valence-corrected chi connectivity index (χ3v) is 3.60. The number of amides is 1. The fourth-order valence-electron chi connectivity index (χ4n) is 2.28. The number of halogens is 2. The zero-order valence-electron chi connectivity index (χ0n) is 10.3. The lowest BCUT2D eigenvalue weighted by molar-refractivity contribution is -0.122. The Morgan fingerprint density at radius 2 is 2.33 bits per heavy atom. The van der Waals surface area contributed by atoms with Gasteiger partial charge in [0.25, 0.3) is 0 Å². The Balaban J connectivity index is 0.00000162. The first-order chi connectivity index (χ1) is 8.16. The van der Waals surface area contributed by atoms with E-state index >= 15 is 0 Å². The summed E-state index contributed by atoms with van der Waals surface area (Å²) in [5.41, 5.74) is 0.353. The number of nitrogens with one attached hydrogen (secondary N) is 2. The molecule has 0 aliphatic carbocycles. The van der Waals surface area contributed by atoms with Crippen molar-refractivity contribution in [3.8, 4) is 0 Å². The SMILES string of the molecule is CCC1(C(=O)Nc2cccc(Cl)c2)CCCN1.Cl. The maximum Gasteiger partial charge on any atom is 0.244 e. The second-order valence-corrected chi connectivity index (χ2v) is 4.87. The number of hydrogen-bond acceptors (Lipinski definition) is 2. The number of carbonyl (C=O) groups excluding carboxylic acids is 1. The fraction of sp³-hybridized carbons (Fsp3) is 0.462. The minimum Gasteiger partial charge on any atom is -0.324 e. The molecule has 1 aliphatic heterocycles. The van der Waals surface area contributed by atoms with Crippen LogP contribution in [0.5, 0.6) is 0 Å². The van der Waals surface area contributed by atoms with E-state index in [1.165, 1.54) is 0 Å². The van der Waals surface area contributed by atoms with Crippen LogP contribution in [0.15, 0.2) is 24.3 Å². The zero-order chi connectivity index (χ0) is 12.3. The first-order valence-corrected chi connectivity index (χ1v) is 6.36. The van der Waals surface area contributed by atoms with Crippen molar-refractivity contribution in [1.82, 2.24) is 5.32 Å². The summed E-state index contributed by atoms with van der Waals surface area (Å²) >= 11 is 5.89. The largest absolute Gasteiger partial charge is 0.324 e. The maximum atomic E-state index is 12.3. The molecule has 3 nitrogen and oxygen atoms in total. The number of carbonyl (C=O) groups is 1. The molecule has 0 saturated carbocycles. The van der Waals surface area contributed by atoms with Gasteiger partial charge in [-0.05, 0) is 44.0 Å². The van der Waals surface area contributed by atoms with E-state index < -0.39 is 5.54 Å². The molecule has 0 radical (unpaired) electrons. The van der Waals surface area contributed by atoms with Crippen LogP contribution in [0.2, 0.25) is 5.02 Å². The number of rotatable bonds is 3. The zero-order valence-corrected chi connectivity index (χ0v) is 11.9. The van der Waals surface area contributed by atoms with E-state index in [4.69, 9.17) is 11.6 Å². The van der Waals surface area contributed by atoms with Gasteiger partial charge in [0.1, 0.15) is 0 Å². The van der Waals surface area contributed by atoms with Gasteiger partial charge in [0, 0.05) is 10.7 Å². The van der Waals surface area contributed by atoms with Gasteiger partial charge in [0.2, 0.25) is 5.91 Å². The highest BCUT2D eigenvalue weighted by molar-refractivity contribution is 6.30. The Morgan fingerprint density at radius 1 is 1.56 bits per heavy atom. The highest BCUT2D eigenvalue weighted by atomic mass is 35.5. The summed E-state index contributed by atoms with van der Waals surface area (Å²) in [5, 5.41) is 6.87. The second-order valence-electron chi connectivity index (χ2n) is 4.43. The number of anilines is 1. The molecule has 1 aromatic rings. The Morgan fingerprint density at radius 3 is 2.89 bits per heavy atom. The number of benzene rings is 1. The summed E-state index contributed by atoms with van der Waals surface area (Å²) in [7, 11) is 0. The van der Waals surface area contributed by atoms with Gasteiger partial charge in [-0.3, -0.25) is 4.79 Å². The van der Waals surface area contributed by atoms with Crippen LogP contribution in [-0.4, -0.2) is 18.0 Å². The van der Waals surface area contributed by atoms with Crippen LogP contribution in [0, 0.1) is 0 Å². The van der Waals surface area contributed by atoms with Crippen molar-refractivity contribution in [2.75, 3.05) is 11.9 Å². The average molecular weight is 289 g/mol. The van der Waals surface area contributed by atoms with Crippen molar-refractivity contribution in [3.63, 3.8) is 0 Å². The quantitative estimate of drug-likeness (QED) is 0.897. The highest BCUT2D eigenvalue weighted by Crippen LogP contribution is 2.25. The van der Waals surface area contributed by atoms with Gasteiger partial charge >= 0.3 is 0 Å². The monoisotopic (exact) mass is 288 g/mol. The first kappa shape index (κ1) is 15.3. The van der Waals surface area contributed by atoms with E-state index in [9.17, 15) is 4.79 Å². The molecule has 0 aromatic heterocycles. The molecule has 18 heavy (non-hydrogen) atoms. The molecule has 0 spiro atoms. The molecule has 1 aromatic carbocycles. The molecule has 1 aliphatic rings. The van der Waals surface area contributed by atoms with Gasteiger partial charge in [-0.2, -0.15) is 0 Å². The lowest BCUT2D eigenvalue weighted by atomic mass is 9.93. The van der Waals surface area contributed by atoms with Crippen LogP contribution in [0.25, 0.3) is 0 Å². The molecule has 1 heterocycles. The van der Waals surface area contributed by atoms with Crippen LogP contribution in [0.3, 0.4) is 0 Å². The topological polar surface area (TPSA) is 41.1 Å². The fourth-order valence-corrected chi connectivity index (χ4v) is 2.47. The Hall–Kier alpha value is -0.770. The lowest BCUT2D eigenvalue weighted by Gasteiger charge is -2.26. The second kappa shape index (κ2) is 6.41. The summed E-state index contributed by atoms with van der Waals surface area (Å²) < 4.78 is 0. The van der Waals surface area contributed by atoms with Crippen LogP contribution in [0.4, 0.5) is 5.69 Å². The van der Waals surface area contributed by atoms with Gasteiger partial charge in [0.15, 0.2) is 0 Å². The van der Waals surface area contributed by atoms with Crippen molar-refractivity contribution in [2.45, 2.75) is 31.7 Å². The van der Waals surface area contributed by atoms with Crippen LogP contribution in [-0.2, 0) is 4.79 Å². The molecular formula is C13H18Cl2N2O. The van der Waals surface area contributed by atoms with Crippen LogP contribution < -0.4 is 10.6 Å². The first-order valence-electron chi connectivity index (χ1n) is 5.98. The summed E-state index contributed by atoms with van der Waals surface area (Å²) in [6.07, 6.45) is 2.76. The summed E-state index contributed by atoms with van der Waals surface area (Å²) in [5.74, 6) is 0.0415. The highest BCUT2D eigenvalue weighted by Gasteiger charge is 2.38. The predicted octanol–water partition coefficient (Wildman–Crippen LogP) is 3.23. The molecule has 1 saturated heterocycles. The van der Waals surface area contributed by atoms with Gasteiger partial charge < -0.3 is 10.6 Å². The van der Waals surface area contributed by atoms with E-state index in [-0.39, 0.29) is 18.3 Å². The maximum absolute atomic E-state index is 12.3. The van der Waals surface area contributed by atoms with E-state index in [2.05, 4.69) is 10.6 Å². The van der Waals surface area contributed by atoms with E-state index in [0.717, 1.165) is 31.5 Å². The summed E-state index contributed by atoms with van der Waals surface area (Å²) in [6, 6.07) is 7.24. The standard InChI is InChI=1S/C13H17ClN2O.ClH/c1-2-13(7-4-8-15-13)12(17)16-11-6-3-5-10(14)9-11;/h3,5-6,9,15H,2,4,7-8H2,1H3,(H,16,17);1H. The molecule has 2 N–H and O–H groups in total. The molecule has 1 unspecified atom stereocenters. The van der Waals surface area contributed by atoms with Gasteiger partial charge in [-0.15, -0.1) is 12.4 Å². The van der Waals surface area contributed by atoms with E-state index in [1.54, 1.807) is 12.1 Å². The van der Waals surface area contributed by atoms with Crippen LogP contribution in [0.1, 0.15) is 26.2 Å². The Bertz CT molecular complexity index is 417. The van der Waals surface area contributed by atoms with Crippen molar-refractivity contribution >= 4 is 35.6 Å². The van der Waals surface area contributed by atoms with Crippen molar-refractivity contribution in [2.24, 2.45) is 0 Å². The third kappa shape index (κ3) is 3.16. The molecule has 0 bridgehead atoms. The molecular weight excluding hydrogens is 271 g/mol. The molecule has 1 atom stereocenters. The van der Waals surface area contributed by atoms with Gasteiger partial charge in [-0.25, -0.2) is 0 Å². The van der Waals surface area contributed by atoms with E-state index in [0.29, 0.717) is 5.02 Å². The molecule has 1 fully saturated rings. The molecule has 2 rings (SSSR count). The normalized spacial score (nSPS) is 22.3. The van der Waals surface area contributed by atoms with Crippen molar-refractivity contribution in [1.29, 1.82) is 0 Å². The van der Waals surface area contributed by atoms with Gasteiger partial charge in [-0.1, -0.05) is 24.6 Å². The van der Waals surface area contributed by atoms with Crippen molar-refractivity contribution in [3.05, 3.63) is 29.3 Å². The van der Waals surface area contributed by atoms with Crippen molar-refractivity contribution < 1.29 is 4.79 Å². The van der Waals surface area contributed by atoms with Gasteiger partial charge in [0.05, 0.1) is 5.54 Å². The predicted molar refractivity (Wildman–Crippen MR) is 77.6 cm³/mol. The molecule has 1 amide bonds. The minimum atomic E-state index is -0.400. The average Bonchev–Trinajstić information content (AvgIpc) is 2.78.